The first kappa shape index (κ1) is 37.5. The molecule has 8 nitrogen and oxygen atoms in total. The highest BCUT2D eigenvalue weighted by atomic mass is 16.2. The predicted octanol–water partition coefficient (Wildman–Crippen LogP) is 5.34. The van der Waals surface area contributed by atoms with Gasteiger partial charge in [0.25, 0.3) is 0 Å². The second-order valence-electron chi connectivity index (χ2n) is 14.0. The van der Waals surface area contributed by atoms with Gasteiger partial charge in [0.1, 0.15) is 12.1 Å². The summed E-state index contributed by atoms with van der Waals surface area (Å²) in [5, 5.41) is 6.39. The van der Waals surface area contributed by atoms with Crippen molar-refractivity contribution in [2.24, 2.45) is 0 Å². The summed E-state index contributed by atoms with van der Waals surface area (Å²) in [4.78, 5) is 47.4. The lowest BCUT2D eigenvalue weighted by atomic mass is 9.98. The molecule has 0 saturated carbocycles. The van der Waals surface area contributed by atoms with E-state index in [4.69, 9.17) is 0 Å². The van der Waals surface area contributed by atoms with Crippen molar-refractivity contribution in [2.45, 2.75) is 76.0 Å². The van der Waals surface area contributed by atoms with Gasteiger partial charge in [-0.05, 0) is 88.5 Å². The Balaban J connectivity index is 1.58. The number of carbonyl (C=O) groups is 3. The van der Waals surface area contributed by atoms with Gasteiger partial charge in [0.15, 0.2) is 0 Å². The summed E-state index contributed by atoms with van der Waals surface area (Å²) >= 11 is 0. The van der Waals surface area contributed by atoms with Crippen LogP contribution in [0, 0.1) is 0 Å². The van der Waals surface area contributed by atoms with Crippen molar-refractivity contribution < 1.29 is 14.4 Å². The maximum Gasteiger partial charge on any atom is 0.246 e. The SMILES string of the molecule is CNC(C)(C)CC=CC(=O)N(C)[C@H](Cc1ccc(-c2ccccc2)cc1)C(=O)N(C)[C@H](Cc1ccccc1)C(=O)NCCC1CCCN1C. The molecule has 3 amide bonds. The lowest BCUT2D eigenvalue weighted by Gasteiger charge is -2.34. The number of hydrogen-bond donors (Lipinski definition) is 2. The van der Waals surface area contributed by atoms with Gasteiger partial charge in [-0.2, -0.15) is 0 Å². The first-order valence-corrected chi connectivity index (χ1v) is 17.5. The van der Waals surface area contributed by atoms with Crippen molar-refractivity contribution >= 4 is 17.7 Å². The summed E-state index contributed by atoms with van der Waals surface area (Å²) in [6.07, 6.45) is 7.90. The number of likely N-dealkylation sites (tertiary alicyclic amines) is 1. The fraction of sp³-hybridized carbons (Fsp3) is 0.439. The van der Waals surface area contributed by atoms with Crippen molar-refractivity contribution in [2.75, 3.05) is 41.3 Å². The third kappa shape index (κ3) is 10.9. The largest absolute Gasteiger partial charge is 0.354 e. The van der Waals surface area contributed by atoms with Crippen molar-refractivity contribution in [1.82, 2.24) is 25.3 Å². The Hall–Kier alpha value is -4.27. The van der Waals surface area contributed by atoms with Crippen molar-refractivity contribution in [3.8, 4) is 11.1 Å². The van der Waals surface area contributed by atoms with Crippen LogP contribution < -0.4 is 10.6 Å². The highest BCUT2D eigenvalue weighted by Gasteiger charge is 2.35. The molecule has 1 fully saturated rings. The van der Waals surface area contributed by atoms with Crippen LogP contribution in [-0.4, -0.2) is 97.4 Å². The van der Waals surface area contributed by atoms with E-state index in [9.17, 15) is 14.4 Å². The Kier molecular flexibility index (Phi) is 13.7. The number of benzene rings is 3. The number of nitrogens with zero attached hydrogens (tertiary/aromatic N) is 3. The topological polar surface area (TPSA) is 85.0 Å². The van der Waals surface area contributed by atoms with E-state index >= 15 is 0 Å². The van der Waals surface area contributed by atoms with Crippen LogP contribution in [0.2, 0.25) is 0 Å². The predicted molar refractivity (Wildman–Crippen MR) is 199 cm³/mol. The van der Waals surface area contributed by atoms with E-state index < -0.39 is 12.1 Å². The molecule has 0 aliphatic carbocycles. The number of rotatable bonds is 16. The van der Waals surface area contributed by atoms with Gasteiger partial charge < -0.3 is 25.3 Å². The van der Waals surface area contributed by atoms with Crippen LogP contribution in [0.25, 0.3) is 11.1 Å². The number of hydrogen-bond acceptors (Lipinski definition) is 5. The van der Waals surface area contributed by atoms with Gasteiger partial charge in [0, 0.05) is 45.1 Å². The van der Waals surface area contributed by atoms with Crippen molar-refractivity contribution in [3.63, 3.8) is 0 Å². The minimum absolute atomic E-state index is 0.170. The third-order valence-electron chi connectivity index (χ3n) is 9.99. The standard InChI is InChI=1S/C41H55N5O3/c1-41(2,42-3)26-13-20-38(47)45(5)37(30-32-21-23-34(24-22-32)33-17-11-8-12-18-33)40(49)46(6)36(29-31-15-9-7-10-16-31)39(48)43-27-25-35-19-14-28-44(35)4/h7-13,15-18,20-24,35-37,42H,14,19,25-30H2,1-6H3,(H,43,48)/t35?,36-,37-/m1/s1. The molecule has 0 spiro atoms. The smallest absolute Gasteiger partial charge is 0.246 e. The number of likely N-dealkylation sites (N-methyl/N-ethyl adjacent to an activating group) is 2. The average molecular weight is 666 g/mol. The molecule has 8 heteroatoms. The molecule has 0 radical (unpaired) electrons. The molecule has 0 aromatic heterocycles. The molecule has 1 aliphatic heterocycles. The fourth-order valence-electron chi connectivity index (χ4n) is 6.36. The van der Waals surface area contributed by atoms with Crippen LogP contribution in [0.1, 0.15) is 50.7 Å². The summed E-state index contributed by atoms with van der Waals surface area (Å²) in [6.45, 7) is 5.76. The zero-order valence-corrected chi connectivity index (χ0v) is 30.2. The third-order valence-corrected chi connectivity index (χ3v) is 9.99. The van der Waals surface area contributed by atoms with Crippen LogP contribution in [0.4, 0.5) is 0 Å². The van der Waals surface area contributed by atoms with Gasteiger partial charge in [0.05, 0.1) is 0 Å². The molecule has 262 valence electrons. The summed E-state index contributed by atoms with van der Waals surface area (Å²) < 4.78 is 0. The van der Waals surface area contributed by atoms with E-state index in [2.05, 4.69) is 48.6 Å². The molecule has 1 saturated heterocycles. The molecule has 1 heterocycles. The molecular weight excluding hydrogens is 610 g/mol. The molecule has 1 aliphatic rings. The minimum atomic E-state index is -0.819. The number of carbonyl (C=O) groups excluding carboxylic acids is 3. The normalized spacial score (nSPS) is 16.3. The Morgan fingerprint density at radius 3 is 2.06 bits per heavy atom. The van der Waals surface area contributed by atoms with E-state index in [1.165, 1.54) is 11.3 Å². The molecule has 3 atom stereocenters. The zero-order valence-electron chi connectivity index (χ0n) is 30.2. The molecule has 0 bridgehead atoms. The highest BCUT2D eigenvalue weighted by molar-refractivity contribution is 5.95. The van der Waals surface area contributed by atoms with Crippen LogP contribution in [0.3, 0.4) is 0 Å². The molecule has 2 N–H and O–H groups in total. The van der Waals surface area contributed by atoms with Gasteiger partial charge >= 0.3 is 0 Å². The van der Waals surface area contributed by atoms with Gasteiger partial charge in [-0.1, -0.05) is 91.0 Å². The van der Waals surface area contributed by atoms with Gasteiger partial charge in [-0.15, -0.1) is 0 Å². The summed E-state index contributed by atoms with van der Waals surface area (Å²) in [5.41, 5.74) is 3.91. The van der Waals surface area contributed by atoms with Gasteiger partial charge in [-0.3, -0.25) is 14.4 Å². The maximum atomic E-state index is 14.5. The molecular formula is C41H55N5O3. The number of nitrogens with one attached hydrogen (secondary N) is 2. The summed E-state index contributed by atoms with van der Waals surface area (Å²) in [5.74, 6) is -0.725. The van der Waals surface area contributed by atoms with E-state index in [0.29, 0.717) is 31.8 Å². The first-order valence-electron chi connectivity index (χ1n) is 17.5. The van der Waals surface area contributed by atoms with Crippen LogP contribution >= 0.6 is 0 Å². The minimum Gasteiger partial charge on any atom is -0.354 e. The Bertz CT molecular complexity index is 1520. The average Bonchev–Trinajstić information content (AvgIpc) is 3.53. The molecule has 3 aromatic rings. The molecule has 1 unspecified atom stereocenters. The van der Waals surface area contributed by atoms with E-state index in [0.717, 1.165) is 41.6 Å². The maximum absolute atomic E-state index is 14.5. The second-order valence-corrected chi connectivity index (χ2v) is 14.0. The fourth-order valence-corrected chi connectivity index (χ4v) is 6.36. The van der Waals surface area contributed by atoms with E-state index in [1.807, 2.05) is 85.9 Å². The number of amides is 3. The van der Waals surface area contributed by atoms with E-state index in [-0.39, 0.29) is 23.3 Å². The molecule has 3 aromatic carbocycles. The van der Waals surface area contributed by atoms with Crippen LogP contribution in [-0.2, 0) is 27.2 Å². The molecule has 49 heavy (non-hydrogen) atoms. The Morgan fingerprint density at radius 1 is 0.857 bits per heavy atom. The van der Waals surface area contributed by atoms with E-state index in [1.54, 1.807) is 25.1 Å². The Morgan fingerprint density at radius 2 is 1.45 bits per heavy atom. The summed E-state index contributed by atoms with van der Waals surface area (Å²) in [6, 6.07) is 26.9. The zero-order chi connectivity index (χ0) is 35.4. The van der Waals surface area contributed by atoms with Gasteiger partial charge in [0.2, 0.25) is 17.7 Å². The van der Waals surface area contributed by atoms with Crippen LogP contribution in [0.5, 0.6) is 0 Å². The van der Waals surface area contributed by atoms with Crippen LogP contribution in [0.15, 0.2) is 97.1 Å². The Labute approximate surface area is 293 Å². The van der Waals surface area contributed by atoms with Crippen molar-refractivity contribution in [1.29, 1.82) is 0 Å². The quantitative estimate of drug-likeness (QED) is 0.202. The highest BCUT2D eigenvalue weighted by Crippen LogP contribution is 2.22. The monoisotopic (exact) mass is 665 g/mol. The first-order chi connectivity index (χ1) is 23.5. The molecule has 4 rings (SSSR count). The lowest BCUT2D eigenvalue weighted by Crippen LogP contribution is -2.56. The second kappa shape index (κ2) is 17.9. The van der Waals surface area contributed by atoms with Gasteiger partial charge in [-0.25, -0.2) is 0 Å². The summed E-state index contributed by atoms with van der Waals surface area (Å²) in [7, 11) is 7.39. The lowest BCUT2D eigenvalue weighted by molar-refractivity contribution is -0.146. The van der Waals surface area contributed by atoms with Crippen molar-refractivity contribution in [3.05, 3.63) is 108 Å².